The van der Waals surface area contributed by atoms with E-state index in [-0.39, 0.29) is 29.7 Å². The van der Waals surface area contributed by atoms with Gasteiger partial charge in [0.25, 0.3) is 0 Å². The maximum atomic E-state index is 14.0. The first-order valence-corrected chi connectivity index (χ1v) is 11.1. The molecule has 1 aromatic heterocycles. The second-order valence-electron chi connectivity index (χ2n) is 8.16. The van der Waals surface area contributed by atoms with Gasteiger partial charge in [0, 0.05) is 69.6 Å². The number of halogens is 1. The average Bonchev–Trinajstić information content (AvgIpc) is 2.84. The normalized spacial score (nSPS) is 13.5. The molecule has 1 aliphatic heterocycles. The summed E-state index contributed by atoms with van der Waals surface area (Å²) in [4.78, 5) is 27.6. The molecule has 1 aliphatic rings. The Bertz CT molecular complexity index is 1180. The van der Waals surface area contributed by atoms with Crippen LogP contribution in [0.1, 0.15) is 29.9 Å². The summed E-state index contributed by atoms with van der Waals surface area (Å²) in [5.41, 5.74) is 3.06. The molecule has 0 spiro atoms. The second kappa shape index (κ2) is 10.3. The molecule has 2 aromatic carbocycles. The highest BCUT2D eigenvalue weighted by atomic mass is 19.1. The smallest absolute Gasteiger partial charge is 0.219 e. The van der Waals surface area contributed by atoms with Crippen molar-refractivity contribution in [1.82, 2.24) is 15.1 Å². The number of carbonyl (C=O) groups excluding carboxylic acids is 2. The van der Waals surface area contributed by atoms with Gasteiger partial charge in [-0.05, 0) is 30.3 Å². The van der Waals surface area contributed by atoms with Gasteiger partial charge in [-0.2, -0.15) is 0 Å². The summed E-state index contributed by atoms with van der Waals surface area (Å²) in [5.74, 6) is 0.0227. The van der Waals surface area contributed by atoms with E-state index in [0.717, 1.165) is 37.6 Å². The minimum Gasteiger partial charge on any atom is -0.379 e. The Balaban J connectivity index is 1.44. The zero-order chi connectivity index (χ0) is 24.1. The highest BCUT2D eigenvalue weighted by molar-refractivity contribution is 5.97. The Kier molecular flexibility index (Phi) is 7.01. The number of benzene rings is 2. The topological polar surface area (TPSA) is 90.5 Å². The number of nitrogens with zero attached hydrogens (tertiary/aromatic N) is 4. The first-order valence-electron chi connectivity index (χ1n) is 11.1. The van der Waals surface area contributed by atoms with Gasteiger partial charge >= 0.3 is 0 Å². The van der Waals surface area contributed by atoms with Crippen molar-refractivity contribution in [3.8, 4) is 0 Å². The van der Waals surface area contributed by atoms with Crippen LogP contribution >= 0.6 is 0 Å². The maximum absolute atomic E-state index is 14.0. The Morgan fingerprint density at radius 2 is 1.68 bits per heavy atom. The monoisotopic (exact) mass is 462 g/mol. The van der Waals surface area contributed by atoms with Crippen LogP contribution in [0.2, 0.25) is 0 Å². The lowest BCUT2D eigenvalue weighted by Crippen LogP contribution is -2.48. The van der Waals surface area contributed by atoms with Gasteiger partial charge in [-0.1, -0.05) is 18.2 Å². The van der Waals surface area contributed by atoms with E-state index >= 15 is 0 Å². The van der Waals surface area contributed by atoms with Crippen LogP contribution in [0.5, 0.6) is 0 Å². The van der Waals surface area contributed by atoms with E-state index in [1.54, 1.807) is 31.2 Å². The molecule has 4 rings (SSSR count). The van der Waals surface area contributed by atoms with Crippen molar-refractivity contribution in [2.24, 2.45) is 0 Å². The van der Waals surface area contributed by atoms with Crippen molar-refractivity contribution in [2.75, 3.05) is 41.7 Å². The third-order valence-electron chi connectivity index (χ3n) is 5.78. The minimum absolute atomic E-state index is 0.110. The van der Waals surface area contributed by atoms with Crippen molar-refractivity contribution < 1.29 is 14.0 Å². The lowest BCUT2D eigenvalue weighted by atomic mass is 10.2. The van der Waals surface area contributed by atoms with Gasteiger partial charge in [0.2, 0.25) is 5.91 Å². The fraction of sp³-hybridized carbons (Fsp3) is 0.280. The number of aromatic nitrogens is 2. The summed E-state index contributed by atoms with van der Waals surface area (Å²) in [6, 6.07) is 16.1. The highest BCUT2D eigenvalue weighted by Gasteiger charge is 2.19. The third-order valence-corrected chi connectivity index (χ3v) is 5.78. The Morgan fingerprint density at radius 3 is 2.32 bits per heavy atom. The molecular formula is C25H27FN6O2. The van der Waals surface area contributed by atoms with Crippen LogP contribution in [-0.2, 0) is 11.3 Å². The van der Waals surface area contributed by atoms with Gasteiger partial charge in [0.15, 0.2) is 17.3 Å². The van der Waals surface area contributed by atoms with Crippen molar-refractivity contribution in [3.63, 3.8) is 0 Å². The number of hydrogen-bond donors (Lipinski definition) is 2. The van der Waals surface area contributed by atoms with E-state index in [4.69, 9.17) is 0 Å². The number of amides is 1. The predicted molar refractivity (Wildman–Crippen MR) is 130 cm³/mol. The fourth-order valence-electron chi connectivity index (χ4n) is 3.86. The molecule has 0 aliphatic carbocycles. The SMILES string of the molecule is CC(=O)c1nnc(Nc2ccc(N3CCN(C(C)=O)CC3)cc2)cc1NCc1ccccc1F. The molecule has 1 fully saturated rings. The Labute approximate surface area is 197 Å². The van der Waals surface area contributed by atoms with Crippen LogP contribution in [0, 0.1) is 5.82 Å². The summed E-state index contributed by atoms with van der Waals surface area (Å²) in [7, 11) is 0. The Morgan fingerprint density at radius 1 is 0.971 bits per heavy atom. The van der Waals surface area contributed by atoms with Crippen molar-refractivity contribution in [3.05, 3.63) is 71.7 Å². The van der Waals surface area contributed by atoms with Crippen LogP contribution in [0.25, 0.3) is 0 Å². The molecule has 0 atom stereocenters. The molecule has 34 heavy (non-hydrogen) atoms. The van der Waals surface area contributed by atoms with Gasteiger partial charge in [0.05, 0.1) is 5.69 Å². The second-order valence-corrected chi connectivity index (χ2v) is 8.16. The number of carbonyl (C=O) groups is 2. The van der Waals surface area contributed by atoms with Gasteiger partial charge < -0.3 is 20.4 Å². The minimum atomic E-state index is -0.317. The van der Waals surface area contributed by atoms with Gasteiger partial charge in [-0.25, -0.2) is 4.39 Å². The van der Waals surface area contributed by atoms with Crippen molar-refractivity contribution >= 4 is 34.6 Å². The van der Waals surface area contributed by atoms with Gasteiger partial charge in [0.1, 0.15) is 5.82 Å². The molecule has 9 heteroatoms. The summed E-state index contributed by atoms with van der Waals surface area (Å²) >= 11 is 0. The fourth-order valence-corrected chi connectivity index (χ4v) is 3.86. The maximum Gasteiger partial charge on any atom is 0.219 e. The molecule has 176 valence electrons. The molecule has 3 aromatic rings. The molecule has 0 saturated carbocycles. The number of Topliss-reactive ketones (excluding diaryl/α,β-unsaturated/α-hetero) is 1. The molecule has 0 unspecified atom stereocenters. The van der Waals surface area contributed by atoms with Crippen molar-refractivity contribution in [1.29, 1.82) is 0 Å². The van der Waals surface area contributed by atoms with Crippen LogP contribution in [-0.4, -0.2) is 53.0 Å². The summed E-state index contributed by atoms with van der Waals surface area (Å²) in [6.45, 7) is 6.25. The average molecular weight is 463 g/mol. The van der Waals surface area contributed by atoms with Gasteiger partial charge in [-0.3, -0.25) is 9.59 Å². The molecule has 1 saturated heterocycles. The van der Waals surface area contributed by atoms with E-state index in [2.05, 4.69) is 25.7 Å². The van der Waals surface area contributed by atoms with Crippen LogP contribution in [0.4, 0.5) is 27.3 Å². The Hall–Kier alpha value is -4.01. The number of anilines is 4. The number of nitrogens with one attached hydrogen (secondary N) is 2. The molecule has 2 N–H and O–H groups in total. The van der Waals surface area contributed by atoms with E-state index in [1.165, 1.54) is 13.0 Å². The number of ketones is 1. The molecule has 8 nitrogen and oxygen atoms in total. The molecule has 2 heterocycles. The zero-order valence-electron chi connectivity index (χ0n) is 19.2. The van der Waals surface area contributed by atoms with E-state index < -0.39 is 0 Å². The molecule has 0 bridgehead atoms. The highest BCUT2D eigenvalue weighted by Crippen LogP contribution is 2.24. The quantitative estimate of drug-likeness (QED) is 0.516. The number of rotatable bonds is 7. The predicted octanol–water partition coefficient (Wildman–Crippen LogP) is 3.84. The van der Waals surface area contributed by atoms with Crippen LogP contribution in [0.15, 0.2) is 54.6 Å². The molecular weight excluding hydrogens is 435 g/mol. The van der Waals surface area contributed by atoms with E-state index in [0.29, 0.717) is 17.1 Å². The lowest BCUT2D eigenvalue weighted by molar-refractivity contribution is -0.129. The standard InChI is InChI=1S/C25H27FN6O2/c1-17(33)25-23(27-16-19-5-3-4-6-22(19)26)15-24(29-30-25)28-20-7-9-21(10-8-20)32-13-11-31(12-14-32)18(2)34/h3-10,15H,11-14,16H2,1-2H3,(H2,27,28,29). The van der Waals surface area contributed by atoms with E-state index in [1.807, 2.05) is 29.2 Å². The van der Waals surface area contributed by atoms with Gasteiger partial charge in [-0.15, -0.1) is 10.2 Å². The zero-order valence-corrected chi connectivity index (χ0v) is 19.2. The summed E-state index contributed by atoms with van der Waals surface area (Å²) < 4.78 is 14.0. The first kappa shape index (κ1) is 23.2. The number of piperazine rings is 1. The first-order chi connectivity index (χ1) is 16.4. The van der Waals surface area contributed by atoms with E-state index in [9.17, 15) is 14.0 Å². The molecule has 0 radical (unpaired) electrons. The lowest BCUT2D eigenvalue weighted by Gasteiger charge is -2.35. The summed E-state index contributed by atoms with van der Waals surface area (Å²) in [5, 5.41) is 14.5. The largest absolute Gasteiger partial charge is 0.379 e. The third kappa shape index (κ3) is 5.48. The van der Waals surface area contributed by atoms with Crippen LogP contribution in [0.3, 0.4) is 0 Å². The number of hydrogen-bond acceptors (Lipinski definition) is 7. The molecule has 1 amide bonds. The van der Waals surface area contributed by atoms with Crippen LogP contribution < -0.4 is 15.5 Å². The summed E-state index contributed by atoms with van der Waals surface area (Å²) in [6.07, 6.45) is 0. The van der Waals surface area contributed by atoms with Crippen molar-refractivity contribution in [2.45, 2.75) is 20.4 Å².